The van der Waals surface area contributed by atoms with Crippen LogP contribution in [0.3, 0.4) is 0 Å². The van der Waals surface area contributed by atoms with Gasteiger partial charge in [0.25, 0.3) is 0 Å². The van der Waals surface area contributed by atoms with Crippen LogP contribution in [0, 0.1) is 83.1 Å². The lowest BCUT2D eigenvalue weighted by molar-refractivity contribution is 1.23. The molecule has 0 saturated heterocycles. The Morgan fingerprint density at radius 3 is 0.577 bits per heavy atom. The molecular formula is C78H66. The van der Waals surface area contributed by atoms with Crippen molar-refractivity contribution in [2.45, 2.75) is 83.1 Å². The fourth-order valence-electron chi connectivity index (χ4n) is 14.3. The lowest BCUT2D eigenvalue weighted by Crippen LogP contribution is -2.04. The maximum Gasteiger partial charge on any atom is -0.00935 e. The van der Waals surface area contributed by atoms with E-state index in [9.17, 15) is 0 Å². The van der Waals surface area contributed by atoms with E-state index in [1.54, 1.807) is 0 Å². The highest BCUT2D eigenvalue weighted by atomic mass is 14.3. The zero-order valence-electron chi connectivity index (χ0n) is 47.3. The lowest BCUT2D eigenvalue weighted by Gasteiger charge is -2.26. The summed E-state index contributed by atoms with van der Waals surface area (Å²) in [4.78, 5) is 0. The molecule has 0 aliphatic rings. The van der Waals surface area contributed by atoms with Crippen LogP contribution in [0.1, 0.15) is 66.8 Å². The Bertz CT molecular complexity index is 4150. The van der Waals surface area contributed by atoms with Gasteiger partial charge in [0.05, 0.1) is 0 Å². The Kier molecular flexibility index (Phi) is 11.7. The highest BCUT2D eigenvalue weighted by Gasteiger charge is 2.26. The summed E-state index contributed by atoms with van der Waals surface area (Å²) in [5.74, 6) is 0. The molecule has 13 aromatic rings. The molecule has 0 nitrogen and oxygen atoms in total. The number of hydrogen-bond donors (Lipinski definition) is 0. The molecule has 0 fully saturated rings. The molecule has 0 amide bonds. The topological polar surface area (TPSA) is 0 Å². The minimum atomic E-state index is 1.26. The zero-order chi connectivity index (χ0) is 54.0. The molecule has 0 aromatic heterocycles. The Morgan fingerprint density at radius 2 is 0.346 bits per heavy atom. The van der Waals surface area contributed by atoms with Gasteiger partial charge in [-0.05, 0) is 318 Å². The summed E-state index contributed by atoms with van der Waals surface area (Å²) in [5, 5.41) is 15.5. The molecule has 0 aliphatic heterocycles. The third-order valence-electron chi connectivity index (χ3n) is 18.8. The van der Waals surface area contributed by atoms with Gasteiger partial charge in [-0.1, -0.05) is 146 Å². The van der Waals surface area contributed by atoms with Crippen molar-refractivity contribution in [1.82, 2.24) is 0 Å². The van der Waals surface area contributed by atoms with Crippen LogP contribution in [0.2, 0.25) is 0 Å². The molecule has 0 radical (unpaired) electrons. The molecule has 0 saturated carbocycles. The molecule has 0 bridgehead atoms. The third-order valence-corrected chi connectivity index (χ3v) is 18.8. The number of fused-ring (bicyclic) bond motifs is 9. The van der Waals surface area contributed by atoms with Crippen LogP contribution in [0.25, 0.3) is 131 Å². The van der Waals surface area contributed by atoms with Gasteiger partial charge in [-0.15, -0.1) is 0 Å². The first-order chi connectivity index (χ1) is 37.7. The van der Waals surface area contributed by atoms with Crippen molar-refractivity contribution in [3.05, 3.63) is 249 Å². The molecule has 0 atom stereocenters. The molecule has 0 unspecified atom stereocenters. The van der Waals surface area contributed by atoms with Gasteiger partial charge in [0.15, 0.2) is 0 Å². The van der Waals surface area contributed by atoms with Crippen LogP contribution in [0.5, 0.6) is 0 Å². The Balaban J connectivity index is 1.07. The van der Waals surface area contributed by atoms with Crippen molar-refractivity contribution in [2.24, 2.45) is 0 Å². The Labute approximate surface area is 460 Å². The average Bonchev–Trinajstić information content (AvgIpc) is 3.65. The predicted molar refractivity (Wildman–Crippen MR) is 341 cm³/mol. The molecule has 0 aliphatic carbocycles. The van der Waals surface area contributed by atoms with E-state index in [4.69, 9.17) is 0 Å². The van der Waals surface area contributed by atoms with E-state index >= 15 is 0 Å². The van der Waals surface area contributed by atoms with Crippen LogP contribution in [0.4, 0.5) is 0 Å². The van der Waals surface area contributed by atoms with Crippen LogP contribution < -0.4 is 0 Å². The van der Waals surface area contributed by atoms with Gasteiger partial charge in [-0.3, -0.25) is 0 Å². The normalized spacial score (nSPS) is 11.8. The van der Waals surface area contributed by atoms with E-state index < -0.39 is 0 Å². The first kappa shape index (κ1) is 49.0. The van der Waals surface area contributed by atoms with Crippen LogP contribution >= 0.6 is 0 Å². The summed E-state index contributed by atoms with van der Waals surface area (Å²) in [5.41, 5.74) is 31.7. The maximum atomic E-state index is 2.53. The number of hydrogen-bond acceptors (Lipinski definition) is 0. The van der Waals surface area contributed by atoms with Crippen LogP contribution in [-0.4, -0.2) is 0 Å². The first-order valence-electron chi connectivity index (χ1n) is 27.9. The van der Waals surface area contributed by atoms with E-state index in [-0.39, 0.29) is 0 Å². The fourth-order valence-corrected chi connectivity index (χ4v) is 14.3. The van der Waals surface area contributed by atoms with Crippen molar-refractivity contribution in [1.29, 1.82) is 0 Å². The van der Waals surface area contributed by atoms with Gasteiger partial charge in [0.1, 0.15) is 0 Å². The van der Waals surface area contributed by atoms with Gasteiger partial charge in [-0.25, -0.2) is 0 Å². The molecule has 0 N–H and O–H groups in total. The minimum Gasteiger partial charge on any atom is -0.0616 e. The quantitative estimate of drug-likeness (QED) is 0.146. The van der Waals surface area contributed by atoms with E-state index in [1.165, 1.54) is 198 Å². The molecule has 0 spiro atoms. The maximum absolute atomic E-state index is 2.53. The van der Waals surface area contributed by atoms with Crippen molar-refractivity contribution in [3.8, 4) is 66.8 Å². The molecule has 0 heterocycles. The smallest absolute Gasteiger partial charge is 0.00935 e. The Morgan fingerprint density at radius 1 is 0.167 bits per heavy atom. The molecule has 13 rings (SSSR count). The molecular weight excluding hydrogens is 937 g/mol. The summed E-state index contributed by atoms with van der Waals surface area (Å²) in [6.45, 7) is 28.4. The predicted octanol–water partition coefficient (Wildman–Crippen LogP) is 22.3. The van der Waals surface area contributed by atoms with Gasteiger partial charge in [-0.2, -0.15) is 0 Å². The average molecular weight is 1000 g/mol. The van der Waals surface area contributed by atoms with Gasteiger partial charge in [0, 0.05) is 0 Å². The largest absolute Gasteiger partial charge is 0.0616 e. The summed E-state index contributed by atoms with van der Waals surface area (Å²) in [6.07, 6.45) is 0. The monoisotopic (exact) mass is 1000 g/mol. The van der Waals surface area contributed by atoms with Crippen molar-refractivity contribution < 1.29 is 0 Å². The molecule has 13 aromatic carbocycles. The van der Waals surface area contributed by atoms with Crippen molar-refractivity contribution in [3.63, 3.8) is 0 Å². The number of benzene rings is 13. The van der Waals surface area contributed by atoms with E-state index in [2.05, 4.69) is 265 Å². The minimum absolute atomic E-state index is 1.26. The highest BCUT2D eigenvalue weighted by Crippen LogP contribution is 2.50. The van der Waals surface area contributed by atoms with E-state index in [1.807, 2.05) is 0 Å². The standard InChI is InChI=1S/C78H66/c1-43-49(7)76(70-40-55-25-13-16-28-61(55)64-31-19-22-34-67(64)70)50(8)44(2)73(43)58-37-59(74-45(3)51(9)77(52(10)46(74)4)71-41-56-26-14-17-29-62(56)65-32-20-23-35-68(65)71)39-60(38-58)75-47(5)53(11)78(54(12)48(75)6)72-42-57-27-15-18-30-63(57)66-33-21-24-36-69(66)72/h13-42H,1-12H3. The van der Waals surface area contributed by atoms with Crippen LogP contribution in [0.15, 0.2) is 182 Å². The zero-order valence-corrected chi connectivity index (χ0v) is 47.3. The summed E-state index contributed by atoms with van der Waals surface area (Å²) in [6, 6.07) is 68.4. The molecule has 378 valence electrons. The molecule has 78 heavy (non-hydrogen) atoms. The second kappa shape index (κ2) is 18.6. The first-order valence-corrected chi connectivity index (χ1v) is 27.9. The summed E-state index contributed by atoms with van der Waals surface area (Å²) in [7, 11) is 0. The van der Waals surface area contributed by atoms with Gasteiger partial charge in [0.2, 0.25) is 0 Å². The van der Waals surface area contributed by atoms with Crippen molar-refractivity contribution in [2.75, 3.05) is 0 Å². The van der Waals surface area contributed by atoms with E-state index in [0.29, 0.717) is 0 Å². The summed E-state index contributed by atoms with van der Waals surface area (Å²) < 4.78 is 0. The lowest BCUT2D eigenvalue weighted by atomic mass is 9.77. The Hall–Kier alpha value is -8.58. The van der Waals surface area contributed by atoms with Crippen molar-refractivity contribution >= 4 is 64.6 Å². The molecule has 0 heteroatoms. The second-order valence-corrected chi connectivity index (χ2v) is 22.6. The number of rotatable bonds is 6. The summed E-state index contributed by atoms with van der Waals surface area (Å²) >= 11 is 0. The fraction of sp³-hybridized carbons (Fsp3) is 0.154. The van der Waals surface area contributed by atoms with E-state index in [0.717, 1.165) is 0 Å². The second-order valence-electron chi connectivity index (χ2n) is 22.6. The van der Waals surface area contributed by atoms with Crippen LogP contribution in [-0.2, 0) is 0 Å². The SMILES string of the molecule is Cc1c(C)c(-c2cc3ccccc3c3ccccc23)c(C)c(C)c1-c1cc(-c2c(C)c(C)c(-c3cc4ccccc4c4ccccc34)c(C)c2C)cc(-c2c(C)c(C)c(-c3cc4ccccc4c4ccccc34)c(C)c2C)c1. The van der Waals surface area contributed by atoms with Gasteiger partial charge >= 0.3 is 0 Å². The third kappa shape index (κ3) is 7.33. The highest BCUT2D eigenvalue weighted by molar-refractivity contribution is 6.17. The van der Waals surface area contributed by atoms with Gasteiger partial charge < -0.3 is 0 Å².